The van der Waals surface area contributed by atoms with E-state index in [-0.39, 0.29) is 17.5 Å². The van der Waals surface area contributed by atoms with Gasteiger partial charge in [-0.15, -0.1) is 11.3 Å². The van der Waals surface area contributed by atoms with Crippen molar-refractivity contribution in [2.75, 3.05) is 13.6 Å². The zero-order valence-electron chi connectivity index (χ0n) is 17.5. The highest BCUT2D eigenvalue weighted by molar-refractivity contribution is 7.13. The van der Waals surface area contributed by atoms with Crippen LogP contribution >= 0.6 is 11.3 Å². The van der Waals surface area contributed by atoms with Crippen LogP contribution in [0.3, 0.4) is 0 Å². The van der Waals surface area contributed by atoms with Crippen molar-refractivity contribution in [3.05, 3.63) is 55.9 Å². The molecule has 160 valence electrons. The van der Waals surface area contributed by atoms with Crippen LogP contribution in [0.1, 0.15) is 57.7 Å². The van der Waals surface area contributed by atoms with Crippen LogP contribution in [-0.2, 0) is 13.0 Å². The lowest BCUT2D eigenvalue weighted by Gasteiger charge is -2.57. The second kappa shape index (κ2) is 6.97. The fourth-order valence-corrected chi connectivity index (χ4v) is 6.81. The lowest BCUT2D eigenvalue weighted by atomic mass is 9.49. The molecule has 0 unspecified atom stereocenters. The molecule has 1 amide bonds. The number of likely N-dealkylation sites (N-methyl/N-ethyl adjacent to an activating group) is 1. The Hall–Kier alpha value is -2.58. The highest BCUT2D eigenvalue weighted by Crippen LogP contribution is 2.62. The lowest BCUT2D eigenvalue weighted by molar-refractivity contribution is -0.0196. The van der Waals surface area contributed by atoms with E-state index in [9.17, 15) is 9.59 Å². The fourth-order valence-electron chi connectivity index (χ4n) is 5.71. The number of rotatable bonds is 3. The number of aromatic nitrogens is 3. The molecular formula is C23H25N5O2S. The second-order valence-electron chi connectivity index (χ2n) is 9.54. The maximum Gasteiger partial charge on any atom is 0.280 e. The predicted octanol–water partition coefficient (Wildman–Crippen LogP) is 2.82. The summed E-state index contributed by atoms with van der Waals surface area (Å²) in [5.74, 6) is 0.354. The van der Waals surface area contributed by atoms with Gasteiger partial charge < -0.3 is 10.2 Å². The van der Waals surface area contributed by atoms with Crippen molar-refractivity contribution in [2.45, 2.75) is 50.6 Å². The molecule has 0 bridgehead atoms. The predicted molar refractivity (Wildman–Crippen MR) is 119 cm³/mol. The summed E-state index contributed by atoms with van der Waals surface area (Å²) in [6, 6.07) is 7.94. The van der Waals surface area contributed by atoms with Crippen LogP contribution in [0.5, 0.6) is 0 Å². The van der Waals surface area contributed by atoms with Crippen molar-refractivity contribution in [1.82, 2.24) is 25.4 Å². The Kier molecular flexibility index (Phi) is 4.30. The van der Waals surface area contributed by atoms with Crippen LogP contribution in [0.15, 0.2) is 29.1 Å². The lowest BCUT2D eigenvalue weighted by Crippen LogP contribution is -2.55. The third kappa shape index (κ3) is 3.20. The summed E-state index contributed by atoms with van der Waals surface area (Å²) in [5, 5.41) is 12.5. The third-order valence-electron chi connectivity index (χ3n) is 7.28. The van der Waals surface area contributed by atoms with Crippen molar-refractivity contribution in [3.63, 3.8) is 0 Å². The van der Waals surface area contributed by atoms with Gasteiger partial charge in [0.2, 0.25) is 0 Å². The number of aromatic amines is 1. The van der Waals surface area contributed by atoms with Crippen molar-refractivity contribution >= 4 is 28.0 Å². The summed E-state index contributed by atoms with van der Waals surface area (Å²) >= 11 is 1.54. The molecule has 2 saturated carbocycles. The number of thiazole rings is 1. The summed E-state index contributed by atoms with van der Waals surface area (Å²) in [6.07, 6.45) is 5.10. The van der Waals surface area contributed by atoms with Gasteiger partial charge in [-0.1, -0.05) is 18.2 Å². The Morgan fingerprint density at radius 1 is 1.23 bits per heavy atom. The van der Waals surface area contributed by atoms with Crippen molar-refractivity contribution in [2.24, 2.45) is 5.41 Å². The van der Waals surface area contributed by atoms with E-state index in [0.29, 0.717) is 21.7 Å². The molecule has 8 heteroatoms. The summed E-state index contributed by atoms with van der Waals surface area (Å²) in [4.78, 5) is 32.8. The number of nitrogens with zero attached hydrogens (tertiary/aromatic N) is 3. The fraction of sp³-hybridized carbons (Fsp3) is 0.478. The Morgan fingerprint density at radius 2 is 2.00 bits per heavy atom. The largest absolute Gasteiger partial charge is 0.347 e. The van der Waals surface area contributed by atoms with Gasteiger partial charge in [0.25, 0.3) is 11.5 Å². The molecule has 7 nitrogen and oxygen atoms in total. The standard InChI is InChI=1S/C23H25N5O2S/c1-28-7-6-17-18(12-28)31-22(25-17)21(30)24-14-10-23(11-14)8-13(9-23)19-15-4-2-3-5-16(15)20(29)27-26-19/h2-5,13-14H,6-12H2,1H3,(H,24,30)(H,27,29). The van der Waals surface area contributed by atoms with Crippen LogP contribution in [0.2, 0.25) is 0 Å². The summed E-state index contributed by atoms with van der Waals surface area (Å²) in [6.45, 7) is 1.89. The van der Waals surface area contributed by atoms with Gasteiger partial charge >= 0.3 is 0 Å². The minimum Gasteiger partial charge on any atom is -0.347 e. The summed E-state index contributed by atoms with van der Waals surface area (Å²) in [5.41, 5.74) is 2.29. The molecule has 1 aromatic carbocycles. The van der Waals surface area contributed by atoms with Gasteiger partial charge in [-0.3, -0.25) is 9.59 Å². The van der Waals surface area contributed by atoms with E-state index < -0.39 is 0 Å². The maximum atomic E-state index is 12.7. The average molecular weight is 436 g/mol. The topological polar surface area (TPSA) is 91.0 Å². The molecule has 3 aromatic rings. The van der Waals surface area contributed by atoms with Crippen molar-refractivity contribution in [3.8, 4) is 0 Å². The summed E-state index contributed by atoms with van der Waals surface area (Å²) < 4.78 is 0. The Balaban J connectivity index is 1.08. The Labute approximate surface area is 183 Å². The van der Waals surface area contributed by atoms with E-state index in [2.05, 4.69) is 32.4 Å². The first kappa shape index (κ1) is 19.1. The SMILES string of the molecule is CN1CCc2nc(C(=O)NC3CC4(C3)CC(c3n[nH]c(=O)c5ccccc35)C4)sc2C1. The number of hydrogen-bond donors (Lipinski definition) is 2. The number of carbonyl (C=O) groups excluding carboxylic acids is 1. The van der Waals surface area contributed by atoms with E-state index in [4.69, 9.17) is 0 Å². The number of H-pyrrole nitrogens is 1. The van der Waals surface area contributed by atoms with E-state index in [1.807, 2.05) is 24.3 Å². The number of carbonyl (C=O) groups is 1. The van der Waals surface area contributed by atoms with Gasteiger partial charge in [0.1, 0.15) is 0 Å². The zero-order valence-corrected chi connectivity index (χ0v) is 18.3. The molecule has 0 saturated heterocycles. The van der Waals surface area contributed by atoms with Gasteiger partial charge in [-0.2, -0.15) is 5.10 Å². The van der Waals surface area contributed by atoms with E-state index in [1.54, 1.807) is 11.3 Å². The minimum atomic E-state index is -0.129. The number of amides is 1. The van der Waals surface area contributed by atoms with E-state index >= 15 is 0 Å². The van der Waals surface area contributed by atoms with Gasteiger partial charge in [0, 0.05) is 41.7 Å². The molecule has 1 aliphatic heterocycles. The van der Waals surface area contributed by atoms with Gasteiger partial charge in [-0.05, 0) is 44.2 Å². The van der Waals surface area contributed by atoms with Gasteiger partial charge in [0.05, 0.1) is 16.8 Å². The molecule has 31 heavy (non-hydrogen) atoms. The molecule has 3 heterocycles. The number of benzene rings is 1. The van der Waals surface area contributed by atoms with Crippen LogP contribution < -0.4 is 10.9 Å². The molecule has 0 radical (unpaired) electrons. The zero-order chi connectivity index (χ0) is 21.2. The molecule has 2 aliphatic carbocycles. The minimum absolute atomic E-state index is 0.0222. The van der Waals surface area contributed by atoms with Gasteiger partial charge in [0.15, 0.2) is 5.01 Å². The first-order valence-electron chi connectivity index (χ1n) is 10.9. The molecule has 2 aromatic heterocycles. The molecule has 2 N–H and O–H groups in total. The quantitative estimate of drug-likeness (QED) is 0.660. The Morgan fingerprint density at radius 3 is 2.81 bits per heavy atom. The molecule has 1 spiro atoms. The Bertz CT molecular complexity index is 1230. The number of fused-ring (bicyclic) bond motifs is 2. The van der Waals surface area contributed by atoms with Crippen molar-refractivity contribution < 1.29 is 4.79 Å². The van der Waals surface area contributed by atoms with Crippen LogP contribution in [0.25, 0.3) is 10.8 Å². The first-order valence-corrected chi connectivity index (χ1v) is 11.8. The molecule has 3 aliphatic rings. The smallest absolute Gasteiger partial charge is 0.280 e. The summed E-state index contributed by atoms with van der Waals surface area (Å²) in [7, 11) is 2.10. The van der Waals surface area contributed by atoms with Crippen LogP contribution in [-0.4, -0.2) is 45.6 Å². The third-order valence-corrected chi connectivity index (χ3v) is 8.36. The number of hydrogen-bond acceptors (Lipinski definition) is 6. The van der Waals surface area contributed by atoms with E-state index in [0.717, 1.165) is 62.0 Å². The second-order valence-corrected chi connectivity index (χ2v) is 10.6. The molecule has 6 rings (SSSR count). The molecule has 2 fully saturated rings. The van der Waals surface area contributed by atoms with Gasteiger partial charge in [-0.25, -0.2) is 10.1 Å². The van der Waals surface area contributed by atoms with Crippen molar-refractivity contribution in [1.29, 1.82) is 0 Å². The van der Waals surface area contributed by atoms with Crippen LogP contribution in [0, 0.1) is 5.41 Å². The molecule has 0 atom stereocenters. The monoisotopic (exact) mass is 435 g/mol. The average Bonchev–Trinajstić information content (AvgIpc) is 3.13. The highest BCUT2D eigenvalue weighted by atomic mass is 32.1. The highest BCUT2D eigenvalue weighted by Gasteiger charge is 2.54. The maximum absolute atomic E-state index is 12.7. The first-order chi connectivity index (χ1) is 15.0. The number of nitrogens with one attached hydrogen (secondary N) is 2. The normalized spacial score (nSPS) is 27.5. The van der Waals surface area contributed by atoms with Crippen LogP contribution in [0.4, 0.5) is 0 Å². The molecular weight excluding hydrogens is 410 g/mol. The van der Waals surface area contributed by atoms with E-state index in [1.165, 1.54) is 4.88 Å².